The molecule has 6 rings (SSSR count). The fraction of sp³-hybridized carbons (Fsp3) is 0.478. The number of phenolic OH excluding ortho intramolecular Hbond substituents is 1. The Kier molecular flexibility index (Phi) is 5.65. The molecule has 3 N–H and O–H groups in total. The Bertz CT molecular complexity index is 1200. The van der Waals surface area contributed by atoms with Crippen LogP contribution in [0.3, 0.4) is 0 Å². The van der Waals surface area contributed by atoms with Gasteiger partial charge in [-0.2, -0.15) is 0 Å². The van der Waals surface area contributed by atoms with Gasteiger partial charge in [-0.15, -0.1) is 21.5 Å². The van der Waals surface area contributed by atoms with E-state index in [2.05, 4.69) is 25.4 Å². The number of carboxylic acid groups (broad SMARTS) is 1. The molecule has 0 bridgehead atoms. The molecular formula is C23H26FN5O3S. The predicted octanol–water partition coefficient (Wildman–Crippen LogP) is 3.45. The Balaban J connectivity index is 0.000000724. The molecule has 3 aromatic rings. The quantitative estimate of drug-likeness (QED) is 0.488. The number of piperidine rings is 1. The van der Waals surface area contributed by atoms with Gasteiger partial charge in [0.1, 0.15) is 11.9 Å². The fourth-order valence-electron chi connectivity index (χ4n) is 5.27. The van der Waals surface area contributed by atoms with Gasteiger partial charge in [-0.05, 0) is 51.2 Å². The van der Waals surface area contributed by atoms with Crippen molar-refractivity contribution in [3.63, 3.8) is 0 Å². The Labute approximate surface area is 194 Å². The molecule has 4 heterocycles. The summed E-state index contributed by atoms with van der Waals surface area (Å²) < 4.78 is 15.9. The number of rotatable bonds is 2. The molecule has 2 atom stereocenters. The van der Waals surface area contributed by atoms with Crippen molar-refractivity contribution in [2.75, 3.05) is 18.0 Å². The van der Waals surface area contributed by atoms with E-state index in [0.29, 0.717) is 17.8 Å². The minimum Gasteiger partial charge on any atom is -0.507 e. The second-order valence-electron chi connectivity index (χ2n) is 9.00. The lowest BCUT2D eigenvalue weighted by Gasteiger charge is -2.51. The minimum absolute atomic E-state index is 0.122. The zero-order valence-electron chi connectivity index (χ0n) is 18.3. The highest BCUT2D eigenvalue weighted by Gasteiger charge is 2.47. The maximum absolute atomic E-state index is 14.9. The number of nitrogens with zero attached hydrogens (tertiary/aromatic N) is 4. The number of anilines is 1. The van der Waals surface area contributed by atoms with Crippen LogP contribution in [-0.2, 0) is 11.2 Å². The van der Waals surface area contributed by atoms with Crippen molar-refractivity contribution in [1.29, 1.82) is 0 Å². The average molecular weight is 472 g/mol. The fourth-order valence-corrected chi connectivity index (χ4v) is 6.12. The van der Waals surface area contributed by atoms with Crippen LogP contribution in [0.4, 0.5) is 10.2 Å². The molecule has 1 aromatic carbocycles. The van der Waals surface area contributed by atoms with E-state index in [0.717, 1.165) is 58.8 Å². The van der Waals surface area contributed by atoms with E-state index in [1.165, 1.54) is 6.42 Å². The van der Waals surface area contributed by atoms with Crippen LogP contribution in [0.25, 0.3) is 21.5 Å². The Hall–Kier alpha value is -2.85. The number of benzene rings is 1. The lowest BCUT2D eigenvalue weighted by molar-refractivity contribution is -0.122. The average Bonchev–Trinajstić information content (AvgIpc) is 3.34. The molecule has 10 heteroatoms. The zero-order chi connectivity index (χ0) is 23.2. The third-order valence-corrected chi connectivity index (χ3v) is 7.97. The maximum Gasteiger partial charge on any atom is 0.290 e. The van der Waals surface area contributed by atoms with Gasteiger partial charge in [0, 0.05) is 35.8 Å². The Morgan fingerprint density at radius 1 is 1.30 bits per heavy atom. The van der Waals surface area contributed by atoms with E-state index in [9.17, 15) is 9.50 Å². The van der Waals surface area contributed by atoms with Crippen LogP contribution in [0.5, 0.6) is 5.75 Å². The number of hydrogen-bond acceptors (Lipinski definition) is 8. The van der Waals surface area contributed by atoms with Crippen molar-refractivity contribution in [2.24, 2.45) is 0 Å². The molecule has 8 nitrogen and oxygen atoms in total. The molecule has 1 aliphatic carbocycles. The van der Waals surface area contributed by atoms with Gasteiger partial charge in [0.05, 0.1) is 27.0 Å². The number of thiazole rings is 1. The third kappa shape index (κ3) is 3.91. The van der Waals surface area contributed by atoms with Crippen LogP contribution in [0.1, 0.15) is 36.3 Å². The first kappa shape index (κ1) is 22.0. The number of alkyl halides is 1. The van der Waals surface area contributed by atoms with Crippen molar-refractivity contribution in [3.05, 3.63) is 28.8 Å². The molecule has 0 amide bonds. The summed E-state index contributed by atoms with van der Waals surface area (Å²) in [6.45, 7) is 2.90. The summed E-state index contributed by atoms with van der Waals surface area (Å²) in [5.74, 6) is 0.961. The monoisotopic (exact) mass is 471 g/mol. The molecular weight excluding hydrogens is 445 g/mol. The number of halogens is 1. The van der Waals surface area contributed by atoms with Crippen LogP contribution in [0, 0.1) is 6.92 Å². The van der Waals surface area contributed by atoms with Gasteiger partial charge in [0.15, 0.2) is 5.82 Å². The zero-order valence-corrected chi connectivity index (χ0v) is 19.1. The highest BCUT2D eigenvalue weighted by molar-refractivity contribution is 7.18. The summed E-state index contributed by atoms with van der Waals surface area (Å²) >= 11 is 1.60. The van der Waals surface area contributed by atoms with Crippen molar-refractivity contribution in [3.8, 4) is 17.0 Å². The Morgan fingerprint density at radius 3 is 2.82 bits per heavy atom. The van der Waals surface area contributed by atoms with E-state index in [1.807, 2.05) is 19.1 Å². The van der Waals surface area contributed by atoms with Gasteiger partial charge in [0.25, 0.3) is 6.47 Å². The lowest BCUT2D eigenvalue weighted by atomic mass is 9.70. The largest absolute Gasteiger partial charge is 0.507 e. The SMILES string of the molecule is Cc1nc2cc(O)c(-c3cc4c(nn3)N([C@H]3CC5(CCC5)NC[C@H]3F)CC4)cc2s1.O=CO. The van der Waals surface area contributed by atoms with E-state index >= 15 is 0 Å². The van der Waals surface area contributed by atoms with E-state index in [1.54, 1.807) is 17.4 Å². The minimum atomic E-state index is -0.898. The van der Waals surface area contributed by atoms with Crippen molar-refractivity contribution >= 4 is 33.8 Å². The third-order valence-electron chi connectivity index (χ3n) is 7.03. The molecule has 1 saturated carbocycles. The summed E-state index contributed by atoms with van der Waals surface area (Å²) in [5, 5.41) is 30.8. The maximum atomic E-state index is 14.9. The van der Waals surface area contributed by atoms with Gasteiger partial charge in [-0.25, -0.2) is 9.37 Å². The van der Waals surface area contributed by atoms with Crippen LogP contribution in [0.15, 0.2) is 18.2 Å². The topological polar surface area (TPSA) is 111 Å². The second-order valence-corrected chi connectivity index (χ2v) is 10.2. The summed E-state index contributed by atoms with van der Waals surface area (Å²) in [7, 11) is 0. The van der Waals surface area contributed by atoms with Gasteiger partial charge in [-0.3, -0.25) is 4.79 Å². The van der Waals surface area contributed by atoms with Crippen LogP contribution >= 0.6 is 11.3 Å². The smallest absolute Gasteiger partial charge is 0.290 e. The molecule has 2 aliphatic heterocycles. The van der Waals surface area contributed by atoms with Gasteiger partial charge >= 0.3 is 0 Å². The van der Waals surface area contributed by atoms with Crippen LogP contribution in [-0.4, -0.2) is 62.7 Å². The number of fused-ring (bicyclic) bond motifs is 2. The normalized spacial score (nSPS) is 23.0. The number of aromatic nitrogens is 3. The molecule has 2 fully saturated rings. The molecule has 2 aromatic heterocycles. The van der Waals surface area contributed by atoms with E-state index in [-0.39, 0.29) is 23.8 Å². The number of aryl methyl sites for hydroxylation is 1. The molecule has 0 unspecified atom stereocenters. The summed E-state index contributed by atoms with van der Waals surface area (Å²) in [5.41, 5.74) is 3.31. The van der Waals surface area contributed by atoms with E-state index in [4.69, 9.17) is 9.90 Å². The molecule has 3 aliphatic rings. The molecule has 1 spiro atoms. The van der Waals surface area contributed by atoms with E-state index < -0.39 is 6.17 Å². The summed E-state index contributed by atoms with van der Waals surface area (Å²) in [6, 6.07) is 5.49. The number of carbonyl (C=O) groups is 1. The first-order valence-electron chi connectivity index (χ1n) is 11.1. The summed E-state index contributed by atoms with van der Waals surface area (Å²) in [6.07, 6.45) is 4.26. The number of hydrogen-bond donors (Lipinski definition) is 3. The highest BCUT2D eigenvalue weighted by atomic mass is 32.1. The molecule has 1 saturated heterocycles. The van der Waals surface area contributed by atoms with Gasteiger partial charge in [-0.1, -0.05) is 0 Å². The lowest BCUT2D eigenvalue weighted by Crippen LogP contribution is -2.64. The predicted molar refractivity (Wildman–Crippen MR) is 125 cm³/mol. The first-order chi connectivity index (χ1) is 15.9. The van der Waals surface area contributed by atoms with Crippen molar-refractivity contribution < 1.29 is 19.4 Å². The second kappa shape index (κ2) is 8.49. The van der Waals surface area contributed by atoms with Gasteiger partial charge in [0.2, 0.25) is 0 Å². The number of aromatic hydroxyl groups is 1. The standard InChI is InChI=1S/C22H24FN5OS.CH2O2/c1-12-25-17-9-19(29)14(8-20(17)30-12)16-7-13-3-6-28(21(13)27-26-16)18-10-22(4-2-5-22)24-11-15(18)23;2-1-3/h7-9,15,18,24,29H,2-6,10-11H2,1H3;1H,(H,2,3)/t15-,18+;/m1./s1. The summed E-state index contributed by atoms with van der Waals surface area (Å²) in [4.78, 5) is 14.9. The van der Waals surface area contributed by atoms with Crippen LogP contribution < -0.4 is 10.2 Å². The van der Waals surface area contributed by atoms with Gasteiger partial charge < -0.3 is 20.4 Å². The number of nitrogens with one attached hydrogen (secondary N) is 1. The molecule has 33 heavy (non-hydrogen) atoms. The Morgan fingerprint density at radius 2 is 2.09 bits per heavy atom. The number of phenols is 1. The van der Waals surface area contributed by atoms with Crippen molar-refractivity contribution in [1.82, 2.24) is 20.5 Å². The molecule has 174 valence electrons. The van der Waals surface area contributed by atoms with Crippen LogP contribution in [0.2, 0.25) is 0 Å². The molecule has 0 radical (unpaired) electrons. The first-order valence-corrected chi connectivity index (χ1v) is 12.0. The highest BCUT2D eigenvalue weighted by Crippen LogP contribution is 2.43. The van der Waals surface area contributed by atoms with Crippen molar-refractivity contribution in [2.45, 2.75) is 56.8 Å².